The van der Waals surface area contributed by atoms with Gasteiger partial charge in [0.1, 0.15) is 4.60 Å². The van der Waals surface area contributed by atoms with Crippen LogP contribution in [0.4, 0.5) is 0 Å². The highest BCUT2D eigenvalue weighted by atomic mass is 79.9. The molecule has 0 atom stereocenters. The van der Waals surface area contributed by atoms with Crippen LogP contribution in [0.15, 0.2) is 22.9 Å². The zero-order chi connectivity index (χ0) is 11.1. The molecule has 15 heavy (non-hydrogen) atoms. The van der Waals surface area contributed by atoms with Gasteiger partial charge in [-0.05, 0) is 35.0 Å². The van der Waals surface area contributed by atoms with Gasteiger partial charge in [-0.25, -0.2) is 4.98 Å². The molecule has 0 fully saturated rings. The van der Waals surface area contributed by atoms with E-state index in [1.807, 2.05) is 0 Å². The lowest BCUT2D eigenvalue weighted by atomic mass is 10.2. The van der Waals surface area contributed by atoms with Crippen molar-refractivity contribution in [3.05, 3.63) is 28.5 Å². The van der Waals surface area contributed by atoms with Gasteiger partial charge in [-0.15, -0.1) is 11.8 Å². The summed E-state index contributed by atoms with van der Waals surface area (Å²) >= 11 is 3.22. The molecule has 1 N–H and O–H groups in total. The quantitative estimate of drug-likeness (QED) is 0.517. The highest BCUT2D eigenvalue weighted by Gasteiger charge is 2.08. The molecule has 0 aliphatic rings. The molecule has 4 heteroatoms. The first kappa shape index (κ1) is 11.7. The molecule has 0 bridgehead atoms. The Hall–Kier alpha value is -1.34. The third-order valence-electron chi connectivity index (χ3n) is 1.72. The topological polar surface area (TPSA) is 42.0 Å². The highest BCUT2D eigenvalue weighted by molar-refractivity contribution is 9.10. The van der Waals surface area contributed by atoms with Crippen LogP contribution in [-0.2, 0) is 0 Å². The second kappa shape index (κ2) is 6.20. The SMILES string of the molecule is CC#CCCNC(=O)c1cccnc1Br. The number of hydrogen-bond acceptors (Lipinski definition) is 2. The van der Waals surface area contributed by atoms with Crippen LogP contribution < -0.4 is 5.32 Å². The number of nitrogens with one attached hydrogen (secondary N) is 1. The second-order valence-electron chi connectivity index (χ2n) is 2.77. The van der Waals surface area contributed by atoms with Gasteiger partial charge >= 0.3 is 0 Å². The van der Waals surface area contributed by atoms with Crippen molar-refractivity contribution < 1.29 is 4.79 Å². The summed E-state index contributed by atoms with van der Waals surface area (Å²) in [6, 6.07) is 3.45. The maximum Gasteiger partial charge on any atom is 0.254 e. The van der Waals surface area contributed by atoms with Crippen LogP contribution in [-0.4, -0.2) is 17.4 Å². The maximum atomic E-state index is 11.6. The van der Waals surface area contributed by atoms with E-state index >= 15 is 0 Å². The third-order valence-corrected chi connectivity index (χ3v) is 2.35. The van der Waals surface area contributed by atoms with Crippen molar-refractivity contribution in [1.29, 1.82) is 0 Å². The number of aromatic nitrogens is 1. The van der Waals surface area contributed by atoms with E-state index in [0.717, 1.165) is 0 Å². The van der Waals surface area contributed by atoms with E-state index in [9.17, 15) is 4.79 Å². The predicted octanol–water partition coefficient (Wildman–Crippen LogP) is 1.99. The van der Waals surface area contributed by atoms with Gasteiger partial charge in [0.15, 0.2) is 0 Å². The molecule has 0 unspecified atom stereocenters. The lowest BCUT2D eigenvalue weighted by Gasteiger charge is -2.03. The van der Waals surface area contributed by atoms with Crippen LogP contribution in [0.1, 0.15) is 23.7 Å². The molecule has 0 aromatic carbocycles. The summed E-state index contributed by atoms with van der Waals surface area (Å²) in [6.45, 7) is 2.33. The summed E-state index contributed by atoms with van der Waals surface area (Å²) in [5.74, 6) is 5.52. The molecule has 78 valence electrons. The number of carbonyl (C=O) groups excluding carboxylic acids is 1. The van der Waals surface area contributed by atoms with E-state index in [2.05, 4.69) is 38.1 Å². The van der Waals surface area contributed by atoms with Gasteiger partial charge in [0.25, 0.3) is 5.91 Å². The number of rotatable bonds is 3. The van der Waals surface area contributed by atoms with E-state index < -0.39 is 0 Å². The Morgan fingerprint density at radius 1 is 1.67 bits per heavy atom. The molecule has 0 aliphatic heterocycles. The molecular weight excluding hydrogens is 256 g/mol. The minimum absolute atomic E-state index is 0.132. The molecule has 1 rings (SSSR count). The van der Waals surface area contributed by atoms with Crippen molar-refractivity contribution in [1.82, 2.24) is 10.3 Å². The largest absolute Gasteiger partial charge is 0.351 e. The second-order valence-corrected chi connectivity index (χ2v) is 3.53. The molecule has 3 nitrogen and oxygen atoms in total. The van der Waals surface area contributed by atoms with Crippen LogP contribution in [0.3, 0.4) is 0 Å². The fourth-order valence-corrected chi connectivity index (χ4v) is 1.44. The highest BCUT2D eigenvalue weighted by Crippen LogP contribution is 2.11. The minimum Gasteiger partial charge on any atom is -0.351 e. The van der Waals surface area contributed by atoms with Gasteiger partial charge in [-0.2, -0.15) is 0 Å². The van der Waals surface area contributed by atoms with Gasteiger partial charge in [-0.1, -0.05) is 0 Å². The smallest absolute Gasteiger partial charge is 0.254 e. The zero-order valence-corrected chi connectivity index (χ0v) is 9.97. The molecule has 0 radical (unpaired) electrons. The molecule has 0 saturated carbocycles. The van der Waals surface area contributed by atoms with Crippen LogP contribution in [0.5, 0.6) is 0 Å². The van der Waals surface area contributed by atoms with Gasteiger partial charge in [0, 0.05) is 19.2 Å². The average molecular weight is 267 g/mol. The number of pyridine rings is 1. The van der Waals surface area contributed by atoms with Crippen molar-refractivity contribution in [2.75, 3.05) is 6.54 Å². The molecule has 0 spiro atoms. The van der Waals surface area contributed by atoms with Crippen LogP contribution in [0.25, 0.3) is 0 Å². The molecule has 1 amide bonds. The van der Waals surface area contributed by atoms with E-state index in [-0.39, 0.29) is 5.91 Å². The monoisotopic (exact) mass is 266 g/mol. The van der Waals surface area contributed by atoms with Crippen molar-refractivity contribution >= 4 is 21.8 Å². The Kier molecular flexibility index (Phi) is 4.85. The normalized spacial score (nSPS) is 8.93. The van der Waals surface area contributed by atoms with Gasteiger partial charge in [-0.3, -0.25) is 4.79 Å². The number of carbonyl (C=O) groups is 1. The number of halogens is 1. The fraction of sp³-hybridized carbons (Fsp3) is 0.273. The molecular formula is C11H11BrN2O. The fourth-order valence-electron chi connectivity index (χ4n) is 1.01. The lowest BCUT2D eigenvalue weighted by molar-refractivity contribution is 0.0953. The minimum atomic E-state index is -0.132. The Morgan fingerprint density at radius 3 is 3.13 bits per heavy atom. The number of nitrogens with zero attached hydrogens (tertiary/aromatic N) is 1. The van der Waals surface area contributed by atoms with Crippen molar-refractivity contribution in [2.24, 2.45) is 0 Å². The first-order valence-corrected chi connectivity index (χ1v) is 5.33. The van der Waals surface area contributed by atoms with Crippen molar-refractivity contribution in [3.8, 4) is 11.8 Å². The van der Waals surface area contributed by atoms with E-state index in [1.54, 1.807) is 25.3 Å². The first-order chi connectivity index (χ1) is 7.25. The van der Waals surface area contributed by atoms with Crippen LogP contribution in [0, 0.1) is 11.8 Å². The first-order valence-electron chi connectivity index (χ1n) is 4.54. The van der Waals surface area contributed by atoms with E-state index in [4.69, 9.17) is 0 Å². The number of amides is 1. The Balaban J connectivity index is 2.53. The Morgan fingerprint density at radius 2 is 2.47 bits per heavy atom. The molecule has 1 aromatic heterocycles. The van der Waals surface area contributed by atoms with Crippen molar-refractivity contribution in [2.45, 2.75) is 13.3 Å². The summed E-state index contributed by atoms with van der Waals surface area (Å²) in [4.78, 5) is 15.6. The van der Waals surface area contributed by atoms with Gasteiger partial charge < -0.3 is 5.32 Å². The lowest BCUT2D eigenvalue weighted by Crippen LogP contribution is -2.24. The van der Waals surface area contributed by atoms with Gasteiger partial charge in [0.05, 0.1) is 5.56 Å². The molecule has 1 heterocycles. The predicted molar refractivity (Wildman–Crippen MR) is 62.3 cm³/mol. The maximum absolute atomic E-state index is 11.6. The summed E-state index contributed by atoms with van der Waals surface area (Å²) in [5, 5.41) is 2.76. The van der Waals surface area contributed by atoms with Gasteiger partial charge in [0.2, 0.25) is 0 Å². The molecule has 1 aromatic rings. The zero-order valence-electron chi connectivity index (χ0n) is 8.38. The van der Waals surface area contributed by atoms with Crippen LogP contribution in [0.2, 0.25) is 0 Å². The average Bonchev–Trinajstić information content (AvgIpc) is 2.25. The molecule has 0 aliphatic carbocycles. The third kappa shape index (κ3) is 3.72. The van der Waals surface area contributed by atoms with E-state index in [0.29, 0.717) is 23.1 Å². The number of hydrogen-bond donors (Lipinski definition) is 1. The summed E-state index contributed by atoms with van der Waals surface area (Å²) in [7, 11) is 0. The van der Waals surface area contributed by atoms with Crippen LogP contribution >= 0.6 is 15.9 Å². The standard InChI is InChI=1S/C11H11BrN2O/c1-2-3-4-7-14-11(15)9-6-5-8-13-10(9)12/h5-6,8H,4,7H2,1H3,(H,14,15). The van der Waals surface area contributed by atoms with E-state index in [1.165, 1.54) is 0 Å². The van der Waals surface area contributed by atoms with Crippen molar-refractivity contribution in [3.63, 3.8) is 0 Å². The molecule has 0 saturated heterocycles. The summed E-state index contributed by atoms with van der Waals surface area (Å²) in [6.07, 6.45) is 2.30. The summed E-state index contributed by atoms with van der Waals surface area (Å²) < 4.78 is 0.559. The Bertz CT molecular complexity index is 407. The Labute approximate surface area is 97.4 Å². The summed E-state index contributed by atoms with van der Waals surface area (Å²) in [5.41, 5.74) is 0.543.